The van der Waals surface area contributed by atoms with E-state index in [0.29, 0.717) is 23.5 Å². The van der Waals surface area contributed by atoms with E-state index in [-0.39, 0.29) is 5.69 Å². The number of ether oxygens (including phenoxy) is 2. The number of nitrogens with one attached hydrogen (secondary N) is 1. The third kappa shape index (κ3) is 3.76. The number of hydrogen-bond donors (Lipinski definition) is 1. The lowest BCUT2D eigenvalue weighted by Gasteiger charge is -2.11. The number of benzene rings is 2. The van der Waals surface area contributed by atoms with Crippen LogP contribution in [0.25, 0.3) is 0 Å². The van der Waals surface area contributed by atoms with Gasteiger partial charge in [0.25, 0.3) is 5.69 Å². The molecular formula is C16H16N2O5. The fraction of sp³-hybridized carbons (Fsp3) is 0.188. The van der Waals surface area contributed by atoms with Crippen LogP contribution >= 0.6 is 0 Å². The Morgan fingerprint density at radius 2 is 1.96 bits per heavy atom. The monoisotopic (exact) mass is 316 g/mol. The van der Waals surface area contributed by atoms with Gasteiger partial charge in [-0.2, -0.15) is 0 Å². The molecule has 120 valence electrons. The summed E-state index contributed by atoms with van der Waals surface area (Å²) in [5.41, 5.74) is 1.48. The molecule has 0 spiro atoms. The highest BCUT2D eigenvalue weighted by molar-refractivity contribution is 5.92. The first-order chi connectivity index (χ1) is 11.1. The van der Waals surface area contributed by atoms with Gasteiger partial charge in [0, 0.05) is 12.6 Å². The Bertz CT molecular complexity index is 730. The van der Waals surface area contributed by atoms with Crippen LogP contribution in [0.15, 0.2) is 42.5 Å². The van der Waals surface area contributed by atoms with Gasteiger partial charge in [0.05, 0.1) is 19.1 Å². The predicted molar refractivity (Wildman–Crippen MR) is 84.8 cm³/mol. The van der Waals surface area contributed by atoms with Gasteiger partial charge < -0.3 is 14.8 Å². The van der Waals surface area contributed by atoms with Crippen LogP contribution in [-0.2, 0) is 11.3 Å². The molecule has 0 atom stereocenters. The van der Waals surface area contributed by atoms with Crippen molar-refractivity contribution in [2.45, 2.75) is 6.54 Å². The van der Waals surface area contributed by atoms with Crippen molar-refractivity contribution in [3.05, 3.63) is 63.7 Å². The van der Waals surface area contributed by atoms with Crippen LogP contribution < -0.4 is 10.1 Å². The first kappa shape index (κ1) is 16.3. The van der Waals surface area contributed by atoms with Crippen molar-refractivity contribution in [3.63, 3.8) is 0 Å². The van der Waals surface area contributed by atoms with Gasteiger partial charge in [-0.15, -0.1) is 0 Å². The molecule has 0 saturated heterocycles. The molecule has 0 fully saturated rings. The minimum Gasteiger partial charge on any atom is -0.496 e. The number of carbonyl (C=O) groups is 1. The second kappa shape index (κ2) is 7.26. The number of nitro groups is 1. The number of esters is 1. The molecule has 0 aliphatic heterocycles. The second-order valence-electron chi connectivity index (χ2n) is 4.65. The topological polar surface area (TPSA) is 90.7 Å². The lowest BCUT2D eigenvalue weighted by molar-refractivity contribution is -0.384. The van der Waals surface area contributed by atoms with Crippen LogP contribution in [0.4, 0.5) is 11.4 Å². The zero-order chi connectivity index (χ0) is 16.8. The van der Waals surface area contributed by atoms with E-state index in [0.717, 1.165) is 5.56 Å². The Labute approximate surface area is 133 Å². The highest BCUT2D eigenvalue weighted by Gasteiger charge is 2.15. The smallest absolute Gasteiger partial charge is 0.341 e. The van der Waals surface area contributed by atoms with E-state index in [2.05, 4.69) is 5.32 Å². The summed E-state index contributed by atoms with van der Waals surface area (Å²) in [4.78, 5) is 22.3. The fourth-order valence-electron chi connectivity index (χ4n) is 2.11. The summed E-state index contributed by atoms with van der Waals surface area (Å²) in [6, 6.07) is 11.4. The molecule has 0 aromatic heterocycles. The average molecular weight is 316 g/mol. The minimum atomic E-state index is -0.505. The van der Waals surface area contributed by atoms with E-state index in [1.807, 2.05) is 0 Å². The van der Waals surface area contributed by atoms with Gasteiger partial charge in [-0.1, -0.05) is 18.2 Å². The normalized spacial score (nSPS) is 10.0. The molecule has 0 aliphatic carbocycles. The third-order valence-electron chi connectivity index (χ3n) is 3.25. The fourth-order valence-corrected chi connectivity index (χ4v) is 2.11. The van der Waals surface area contributed by atoms with E-state index in [1.165, 1.54) is 20.3 Å². The first-order valence-corrected chi connectivity index (χ1v) is 6.79. The molecular weight excluding hydrogens is 300 g/mol. The maximum absolute atomic E-state index is 11.8. The van der Waals surface area contributed by atoms with Crippen LogP contribution in [0.3, 0.4) is 0 Å². The van der Waals surface area contributed by atoms with E-state index < -0.39 is 10.9 Å². The number of nitrogens with zero attached hydrogens (tertiary/aromatic N) is 1. The number of carbonyl (C=O) groups excluding carboxylic acids is 1. The molecule has 7 heteroatoms. The van der Waals surface area contributed by atoms with E-state index in [4.69, 9.17) is 9.47 Å². The third-order valence-corrected chi connectivity index (χ3v) is 3.25. The van der Waals surface area contributed by atoms with Gasteiger partial charge in [-0.25, -0.2) is 4.79 Å². The zero-order valence-electron chi connectivity index (χ0n) is 12.7. The molecule has 0 unspecified atom stereocenters. The molecule has 23 heavy (non-hydrogen) atoms. The van der Waals surface area contributed by atoms with Gasteiger partial charge in [0.1, 0.15) is 17.0 Å². The number of rotatable bonds is 6. The summed E-state index contributed by atoms with van der Waals surface area (Å²) in [7, 11) is 2.76. The lowest BCUT2D eigenvalue weighted by atomic mass is 10.1. The Kier molecular flexibility index (Phi) is 5.14. The van der Waals surface area contributed by atoms with Crippen molar-refractivity contribution >= 4 is 17.3 Å². The van der Waals surface area contributed by atoms with Crippen molar-refractivity contribution in [2.24, 2.45) is 0 Å². The predicted octanol–water partition coefficient (Wildman–Crippen LogP) is 3.00. The molecule has 2 rings (SSSR count). The van der Waals surface area contributed by atoms with Crippen LogP contribution in [-0.4, -0.2) is 25.1 Å². The van der Waals surface area contributed by atoms with Crippen molar-refractivity contribution in [3.8, 4) is 5.75 Å². The van der Waals surface area contributed by atoms with Crippen LogP contribution in [0.2, 0.25) is 0 Å². The molecule has 0 amide bonds. The average Bonchev–Trinajstić information content (AvgIpc) is 2.59. The first-order valence-electron chi connectivity index (χ1n) is 6.79. The van der Waals surface area contributed by atoms with E-state index in [9.17, 15) is 14.9 Å². The Hall–Kier alpha value is -3.09. The molecule has 0 heterocycles. The minimum absolute atomic E-state index is 0.00537. The number of para-hydroxylation sites is 2. The lowest BCUT2D eigenvalue weighted by Crippen LogP contribution is -2.07. The summed E-state index contributed by atoms with van der Waals surface area (Å²) in [6.45, 7) is 0.318. The Balaban J connectivity index is 2.21. The number of hydrogen-bond acceptors (Lipinski definition) is 6. The van der Waals surface area contributed by atoms with Crippen LogP contribution in [0, 0.1) is 10.1 Å². The maximum atomic E-state index is 11.8. The number of nitro benzene ring substituents is 1. The molecule has 0 aliphatic rings. The van der Waals surface area contributed by atoms with E-state index >= 15 is 0 Å². The van der Waals surface area contributed by atoms with Crippen LogP contribution in [0.1, 0.15) is 15.9 Å². The Morgan fingerprint density at radius 3 is 2.61 bits per heavy atom. The van der Waals surface area contributed by atoms with Gasteiger partial charge in [-0.3, -0.25) is 10.1 Å². The van der Waals surface area contributed by atoms with E-state index in [1.54, 1.807) is 36.4 Å². The summed E-state index contributed by atoms with van der Waals surface area (Å²) in [6.07, 6.45) is 0. The highest BCUT2D eigenvalue weighted by Crippen LogP contribution is 2.25. The van der Waals surface area contributed by atoms with Gasteiger partial charge in [0.15, 0.2) is 0 Å². The van der Waals surface area contributed by atoms with Gasteiger partial charge >= 0.3 is 5.97 Å². The standard InChI is InChI=1S/C16H16N2O5/c1-22-15-8-7-11(9-12(15)16(19)23-2)10-17-13-5-3-4-6-14(13)18(20)21/h3-9,17H,10H2,1-2H3. The summed E-state index contributed by atoms with van der Waals surface area (Å²) in [5, 5.41) is 14.0. The molecule has 2 aromatic rings. The van der Waals surface area contributed by atoms with Crippen molar-refractivity contribution in [2.75, 3.05) is 19.5 Å². The van der Waals surface area contributed by atoms with Crippen molar-refractivity contribution in [1.82, 2.24) is 0 Å². The molecule has 0 bridgehead atoms. The maximum Gasteiger partial charge on any atom is 0.341 e. The molecule has 0 saturated carbocycles. The SMILES string of the molecule is COC(=O)c1cc(CNc2ccccc2[N+](=O)[O-])ccc1OC. The molecule has 1 N–H and O–H groups in total. The van der Waals surface area contributed by atoms with Gasteiger partial charge in [0.2, 0.25) is 0 Å². The highest BCUT2D eigenvalue weighted by atomic mass is 16.6. The quantitative estimate of drug-likeness (QED) is 0.500. The Morgan fingerprint density at radius 1 is 1.22 bits per heavy atom. The number of methoxy groups -OCH3 is 2. The molecule has 7 nitrogen and oxygen atoms in total. The summed E-state index contributed by atoms with van der Waals surface area (Å²) < 4.78 is 9.84. The zero-order valence-corrected chi connectivity index (χ0v) is 12.7. The van der Waals surface area contributed by atoms with Crippen molar-refractivity contribution < 1.29 is 19.2 Å². The van der Waals surface area contributed by atoms with Crippen molar-refractivity contribution in [1.29, 1.82) is 0 Å². The van der Waals surface area contributed by atoms with Crippen LogP contribution in [0.5, 0.6) is 5.75 Å². The number of anilines is 1. The summed E-state index contributed by atoms with van der Waals surface area (Å²) in [5.74, 6) is -0.0966. The second-order valence-corrected chi connectivity index (χ2v) is 4.65. The summed E-state index contributed by atoms with van der Waals surface area (Å²) >= 11 is 0. The van der Waals surface area contributed by atoms with Gasteiger partial charge in [-0.05, 0) is 23.8 Å². The largest absolute Gasteiger partial charge is 0.496 e. The molecule has 2 aromatic carbocycles. The molecule has 0 radical (unpaired) electrons.